The fraction of sp³-hybridized carbons (Fsp3) is 0.375. The average molecular weight is 171 g/mol. The van der Waals surface area contributed by atoms with Crippen molar-refractivity contribution in [3.8, 4) is 0 Å². The van der Waals surface area contributed by atoms with Gasteiger partial charge >= 0.3 is 0 Å². The Balaban J connectivity index is 3.53. The van der Waals surface area contributed by atoms with Crippen molar-refractivity contribution in [2.24, 2.45) is 0 Å². The van der Waals surface area contributed by atoms with Crippen LogP contribution in [0.4, 0.5) is 0 Å². The third-order valence-electron chi connectivity index (χ3n) is 0.844. The Morgan fingerprint density at radius 3 is 2.73 bits per heavy atom. The van der Waals surface area contributed by atoms with Crippen molar-refractivity contribution >= 4 is 18.2 Å². The smallest absolute Gasteiger partial charge is 0.207 e. The van der Waals surface area contributed by atoms with Crippen LogP contribution >= 0.6 is 11.8 Å². The van der Waals surface area contributed by atoms with Crippen molar-refractivity contribution in [1.29, 1.82) is 0 Å². The molecule has 0 saturated heterocycles. The predicted molar refractivity (Wildman–Crippen MR) is 50.2 cm³/mol. The lowest BCUT2D eigenvalue weighted by Gasteiger charge is -1.99. The summed E-state index contributed by atoms with van der Waals surface area (Å²) in [6.07, 6.45) is 0.675. The minimum Gasteiger partial charge on any atom is -0.354 e. The van der Waals surface area contributed by atoms with Gasteiger partial charge in [0.15, 0.2) is 0 Å². The fourth-order valence-corrected chi connectivity index (χ4v) is 0.967. The molecule has 0 spiro atoms. The first kappa shape index (κ1) is 10.3. The van der Waals surface area contributed by atoms with Crippen LogP contribution in [-0.2, 0) is 4.79 Å². The number of amides is 1. The molecule has 1 amide bonds. The molecule has 0 aliphatic heterocycles. The lowest BCUT2D eigenvalue weighted by atomic mass is 10.4. The van der Waals surface area contributed by atoms with E-state index in [9.17, 15) is 4.79 Å². The van der Waals surface area contributed by atoms with Crippen LogP contribution in [0.25, 0.3) is 0 Å². The zero-order valence-electron chi connectivity index (χ0n) is 6.89. The second-order valence-electron chi connectivity index (χ2n) is 2.35. The summed E-state index contributed by atoms with van der Waals surface area (Å²) in [5, 5.41) is 4.55. The molecule has 0 aliphatic rings. The third-order valence-corrected chi connectivity index (χ3v) is 1.91. The average Bonchev–Trinajstić information content (AvgIpc) is 1.97. The number of hydrogen-bond donors (Lipinski definition) is 1. The quantitative estimate of drug-likeness (QED) is 0.640. The molecule has 2 nitrogen and oxygen atoms in total. The van der Waals surface area contributed by atoms with E-state index in [2.05, 4.69) is 11.9 Å². The van der Waals surface area contributed by atoms with E-state index in [-0.39, 0.29) is 0 Å². The van der Waals surface area contributed by atoms with Crippen molar-refractivity contribution in [3.63, 3.8) is 0 Å². The van der Waals surface area contributed by atoms with Crippen LogP contribution in [0.2, 0.25) is 0 Å². The molecular formula is C8H13NOS. The summed E-state index contributed by atoms with van der Waals surface area (Å²) in [7, 11) is 0. The van der Waals surface area contributed by atoms with Gasteiger partial charge in [-0.25, -0.2) is 0 Å². The molecule has 0 aliphatic carbocycles. The second-order valence-corrected chi connectivity index (χ2v) is 3.40. The van der Waals surface area contributed by atoms with E-state index in [1.165, 1.54) is 5.57 Å². The van der Waals surface area contributed by atoms with Crippen molar-refractivity contribution in [2.75, 3.05) is 6.54 Å². The molecule has 0 aromatic rings. The molecule has 0 bridgehead atoms. The van der Waals surface area contributed by atoms with Gasteiger partial charge in [-0.15, -0.1) is 11.8 Å². The molecule has 0 aromatic carbocycles. The topological polar surface area (TPSA) is 29.1 Å². The van der Waals surface area contributed by atoms with Gasteiger partial charge in [0.05, 0.1) is 0 Å². The van der Waals surface area contributed by atoms with Crippen LogP contribution < -0.4 is 5.32 Å². The summed E-state index contributed by atoms with van der Waals surface area (Å²) in [6, 6.07) is 0. The Hall–Kier alpha value is -0.700. The number of hydrogen-bond acceptors (Lipinski definition) is 2. The molecule has 0 atom stereocenters. The van der Waals surface area contributed by atoms with E-state index >= 15 is 0 Å². The molecule has 3 heteroatoms. The maximum atomic E-state index is 9.87. The van der Waals surface area contributed by atoms with Gasteiger partial charge < -0.3 is 5.32 Å². The van der Waals surface area contributed by atoms with Gasteiger partial charge in [0.2, 0.25) is 6.41 Å². The Kier molecular flexibility index (Phi) is 5.65. The van der Waals surface area contributed by atoms with Crippen molar-refractivity contribution < 1.29 is 4.79 Å². The largest absolute Gasteiger partial charge is 0.354 e. The summed E-state index contributed by atoms with van der Waals surface area (Å²) >= 11 is 1.55. The van der Waals surface area contributed by atoms with E-state index in [0.29, 0.717) is 13.0 Å². The molecule has 0 fully saturated rings. The fourth-order valence-electron chi connectivity index (χ4n) is 0.398. The maximum Gasteiger partial charge on any atom is 0.207 e. The van der Waals surface area contributed by atoms with E-state index in [4.69, 9.17) is 0 Å². The van der Waals surface area contributed by atoms with Crippen LogP contribution in [-0.4, -0.2) is 13.0 Å². The van der Waals surface area contributed by atoms with Gasteiger partial charge in [-0.3, -0.25) is 4.79 Å². The van der Waals surface area contributed by atoms with Gasteiger partial charge in [0.1, 0.15) is 0 Å². The Morgan fingerprint density at radius 2 is 2.27 bits per heavy atom. The zero-order chi connectivity index (χ0) is 8.69. The number of rotatable bonds is 5. The van der Waals surface area contributed by atoms with Gasteiger partial charge in [-0.2, -0.15) is 0 Å². The highest BCUT2D eigenvalue weighted by Crippen LogP contribution is 2.15. The molecule has 62 valence electrons. The highest BCUT2D eigenvalue weighted by molar-refractivity contribution is 8.05. The number of nitrogens with one attached hydrogen (secondary N) is 1. The van der Waals surface area contributed by atoms with Gasteiger partial charge in [0, 0.05) is 11.4 Å². The molecule has 1 N–H and O–H groups in total. The number of allylic oxidation sites excluding steroid dienone is 1. The first-order valence-electron chi connectivity index (χ1n) is 3.31. The molecule has 0 saturated carbocycles. The summed E-state index contributed by atoms with van der Waals surface area (Å²) in [4.78, 5) is 10.8. The highest BCUT2D eigenvalue weighted by atomic mass is 32.2. The lowest BCUT2D eigenvalue weighted by molar-refractivity contribution is -0.109. The SMILES string of the molecule is C=C(CNC=O)SC=C(C)C. The lowest BCUT2D eigenvalue weighted by Crippen LogP contribution is -2.12. The van der Waals surface area contributed by atoms with E-state index in [1.54, 1.807) is 11.8 Å². The van der Waals surface area contributed by atoms with Crippen LogP contribution in [0.1, 0.15) is 13.8 Å². The number of thioether (sulfide) groups is 1. The van der Waals surface area contributed by atoms with Crippen LogP contribution in [0.5, 0.6) is 0 Å². The Bertz CT molecular complexity index is 171. The summed E-state index contributed by atoms with van der Waals surface area (Å²) < 4.78 is 0. The normalized spacial score (nSPS) is 8.55. The maximum absolute atomic E-state index is 9.87. The zero-order valence-corrected chi connectivity index (χ0v) is 7.70. The van der Waals surface area contributed by atoms with Crippen LogP contribution in [0, 0.1) is 0 Å². The first-order chi connectivity index (χ1) is 5.16. The Morgan fingerprint density at radius 1 is 1.64 bits per heavy atom. The number of carbonyl (C=O) groups excluding carboxylic acids is 1. The van der Waals surface area contributed by atoms with Crippen molar-refractivity contribution in [2.45, 2.75) is 13.8 Å². The van der Waals surface area contributed by atoms with Crippen molar-refractivity contribution in [3.05, 3.63) is 22.5 Å². The van der Waals surface area contributed by atoms with Gasteiger partial charge in [0.25, 0.3) is 0 Å². The molecule has 0 unspecified atom stereocenters. The van der Waals surface area contributed by atoms with E-state index in [0.717, 1.165) is 4.91 Å². The van der Waals surface area contributed by atoms with Gasteiger partial charge in [-0.1, -0.05) is 12.2 Å². The summed E-state index contributed by atoms with van der Waals surface area (Å²) in [5.74, 6) is 0. The monoisotopic (exact) mass is 171 g/mol. The van der Waals surface area contributed by atoms with Gasteiger partial charge in [-0.05, 0) is 19.3 Å². The molecule has 0 radical (unpaired) electrons. The predicted octanol–water partition coefficient (Wildman–Crippen LogP) is 1.90. The third kappa shape index (κ3) is 7.19. The van der Waals surface area contributed by atoms with Crippen LogP contribution in [0.3, 0.4) is 0 Å². The minimum atomic E-state index is 0.540. The number of carbonyl (C=O) groups is 1. The van der Waals surface area contributed by atoms with Crippen molar-refractivity contribution in [1.82, 2.24) is 5.32 Å². The minimum absolute atomic E-state index is 0.540. The Labute approximate surface area is 71.7 Å². The molecule has 11 heavy (non-hydrogen) atoms. The van der Waals surface area contributed by atoms with E-state index < -0.39 is 0 Å². The second kappa shape index (κ2) is 6.04. The molecular weight excluding hydrogens is 158 g/mol. The first-order valence-corrected chi connectivity index (χ1v) is 4.19. The molecule has 0 heterocycles. The van der Waals surface area contributed by atoms with E-state index in [1.807, 2.05) is 19.3 Å². The summed E-state index contributed by atoms with van der Waals surface area (Å²) in [6.45, 7) is 8.34. The molecule has 0 aromatic heterocycles. The van der Waals surface area contributed by atoms with Crippen LogP contribution in [0.15, 0.2) is 22.5 Å². The summed E-state index contributed by atoms with van der Waals surface area (Å²) in [5.41, 5.74) is 1.24. The standard InChI is InChI=1S/C8H13NOS/c1-7(2)5-11-8(3)4-9-6-10/h5-6H,3-4H2,1-2H3,(H,9,10). The highest BCUT2D eigenvalue weighted by Gasteiger charge is 1.89. The molecule has 0 rings (SSSR count).